The molecule has 10 heteroatoms. The van der Waals surface area contributed by atoms with Crippen molar-refractivity contribution in [1.29, 1.82) is 0 Å². The van der Waals surface area contributed by atoms with E-state index in [9.17, 15) is 9.18 Å². The number of aromatic nitrogens is 4. The van der Waals surface area contributed by atoms with Gasteiger partial charge in [-0.25, -0.2) is 4.39 Å². The molecule has 0 saturated heterocycles. The van der Waals surface area contributed by atoms with Crippen molar-refractivity contribution < 1.29 is 9.18 Å². The molecule has 2 heterocycles. The molecule has 2 aromatic heterocycles. The van der Waals surface area contributed by atoms with Gasteiger partial charge in [0.25, 0.3) is 5.91 Å². The van der Waals surface area contributed by atoms with Gasteiger partial charge in [0.1, 0.15) is 5.82 Å². The molecule has 3 rings (SSSR count). The van der Waals surface area contributed by atoms with Crippen LogP contribution in [0, 0.1) is 5.82 Å². The standard InChI is InChI=1S/C15H14FN7OS/c1-17-14-13(22-25-23-14)15(24)20-11-6-2-5-10(16)12(11)18-8-9-4-3-7-19-21-9/h2-7,18H,8H2,1H3,(H,17,23)(H,20,24). The number of carbonyl (C=O) groups is 1. The maximum Gasteiger partial charge on any atom is 0.279 e. The molecule has 25 heavy (non-hydrogen) atoms. The van der Waals surface area contributed by atoms with Crippen LogP contribution in [0.3, 0.4) is 0 Å². The summed E-state index contributed by atoms with van der Waals surface area (Å²) in [4.78, 5) is 12.4. The van der Waals surface area contributed by atoms with Crippen LogP contribution in [0.1, 0.15) is 16.2 Å². The number of para-hydroxylation sites is 1. The maximum absolute atomic E-state index is 14.2. The molecule has 0 fully saturated rings. The van der Waals surface area contributed by atoms with Crippen LogP contribution in [0.2, 0.25) is 0 Å². The summed E-state index contributed by atoms with van der Waals surface area (Å²) in [6, 6.07) is 7.91. The predicted octanol–water partition coefficient (Wildman–Crippen LogP) is 2.37. The van der Waals surface area contributed by atoms with E-state index in [0.717, 1.165) is 11.7 Å². The summed E-state index contributed by atoms with van der Waals surface area (Å²) in [6.07, 6.45) is 1.56. The van der Waals surface area contributed by atoms with Gasteiger partial charge in [-0.15, -0.1) is 0 Å². The number of anilines is 3. The summed E-state index contributed by atoms with van der Waals surface area (Å²) in [7, 11) is 1.64. The molecule has 128 valence electrons. The van der Waals surface area contributed by atoms with Crippen LogP contribution in [0.15, 0.2) is 36.5 Å². The highest BCUT2D eigenvalue weighted by atomic mass is 32.1. The van der Waals surface area contributed by atoms with Gasteiger partial charge in [-0.1, -0.05) is 6.07 Å². The van der Waals surface area contributed by atoms with E-state index in [0.29, 0.717) is 17.2 Å². The molecule has 0 spiro atoms. The topological polar surface area (TPSA) is 105 Å². The summed E-state index contributed by atoms with van der Waals surface area (Å²) < 4.78 is 22.1. The fourth-order valence-electron chi connectivity index (χ4n) is 2.10. The summed E-state index contributed by atoms with van der Waals surface area (Å²) in [6.45, 7) is 0.262. The second kappa shape index (κ2) is 7.62. The second-order valence-electron chi connectivity index (χ2n) is 4.90. The summed E-state index contributed by atoms with van der Waals surface area (Å²) >= 11 is 0.916. The number of benzene rings is 1. The Morgan fingerprint density at radius 1 is 1.24 bits per heavy atom. The smallest absolute Gasteiger partial charge is 0.279 e. The molecule has 8 nitrogen and oxygen atoms in total. The Hall–Kier alpha value is -3.14. The van der Waals surface area contributed by atoms with Crippen LogP contribution in [0.25, 0.3) is 0 Å². The van der Waals surface area contributed by atoms with E-state index in [1.807, 2.05) is 0 Å². The highest BCUT2D eigenvalue weighted by Crippen LogP contribution is 2.26. The maximum atomic E-state index is 14.2. The van der Waals surface area contributed by atoms with E-state index in [4.69, 9.17) is 0 Å². The fourth-order valence-corrected chi connectivity index (χ4v) is 2.65. The minimum atomic E-state index is -0.494. The first kappa shape index (κ1) is 16.7. The number of carbonyl (C=O) groups excluding carboxylic acids is 1. The minimum Gasteiger partial charge on any atom is -0.375 e. The first-order valence-electron chi connectivity index (χ1n) is 7.29. The summed E-state index contributed by atoms with van der Waals surface area (Å²) in [5.74, 6) is -0.605. The highest BCUT2D eigenvalue weighted by molar-refractivity contribution is 6.99. The number of amides is 1. The van der Waals surface area contributed by atoms with E-state index in [2.05, 4.69) is 34.9 Å². The molecule has 1 amide bonds. The first-order valence-corrected chi connectivity index (χ1v) is 8.02. The van der Waals surface area contributed by atoms with Crippen molar-refractivity contribution in [2.75, 3.05) is 23.0 Å². The number of rotatable bonds is 6. The van der Waals surface area contributed by atoms with Crippen molar-refractivity contribution in [3.05, 3.63) is 53.7 Å². The third-order valence-corrected chi connectivity index (χ3v) is 3.80. The van der Waals surface area contributed by atoms with E-state index in [-0.39, 0.29) is 17.9 Å². The molecule has 0 aliphatic heterocycles. The normalized spacial score (nSPS) is 10.3. The van der Waals surface area contributed by atoms with Crippen LogP contribution >= 0.6 is 11.7 Å². The van der Waals surface area contributed by atoms with Crippen LogP contribution < -0.4 is 16.0 Å². The van der Waals surface area contributed by atoms with Gasteiger partial charge in [-0.3, -0.25) is 4.79 Å². The lowest BCUT2D eigenvalue weighted by molar-refractivity contribution is 0.102. The Balaban J connectivity index is 1.79. The zero-order valence-corrected chi connectivity index (χ0v) is 14.0. The van der Waals surface area contributed by atoms with Gasteiger partial charge < -0.3 is 16.0 Å². The first-order chi connectivity index (χ1) is 12.2. The quantitative estimate of drug-likeness (QED) is 0.620. The van der Waals surface area contributed by atoms with Gasteiger partial charge in [0.05, 0.1) is 35.3 Å². The number of hydrogen-bond acceptors (Lipinski definition) is 8. The SMILES string of the molecule is CNc1nsnc1C(=O)Nc1cccc(F)c1NCc1cccnn1. The van der Waals surface area contributed by atoms with Gasteiger partial charge in [0, 0.05) is 13.2 Å². The largest absolute Gasteiger partial charge is 0.375 e. The van der Waals surface area contributed by atoms with Crippen LogP contribution in [0.5, 0.6) is 0 Å². The van der Waals surface area contributed by atoms with Gasteiger partial charge in [-0.2, -0.15) is 18.9 Å². The fraction of sp³-hybridized carbons (Fsp3) is 0.133. The number of hydrogen-bond donors (Lipinski definition) is 3. The Kier molecular flexibility index (Phi) is 5.09. The van der Waals surface area contributed by atoms with Gasteiger partial charge in [-0.05, 0) is 24.3 Å². The number of nitrogens with zero attached hydrogens (tertiary/aromatic N) is 4. The van der Waals surface area contributed by atoms with E-state index in [1.54, 1.807) is 31.4 Å². The molecule has 0 aliphatic carbocycles. The second-order valence-corrected chi connectivity index (χ2v) is 5.42. The van der Waals surface area contributed by atoms with E-state index < -0.39 is 11.7 Å². The van der Waals surface area contributed by atoms with Crippen molar-refractivity contribution in [3.63, 3.8) is 0 Å². The average molecular weight is 359 g/mol. The molecule has 0 saturated carbocycles. The lowest BCUT2D eigenvalue weighted by atomic mass is 10.2. The third kappa shape index (κ3) is 3.86. The summed E-state index contributed by atoms with van der Waals surface area (Å²) in [5, 5.41) is 16.1. The van der Waals surface area contributed by atoms with Crippen molar-refractivity contribution in [2.45, 2.75) is 6.54 Å². The zero-order chi connectivity index (χ0) is 17.6. The molecule has 0 atom stereocenters. The van der Waals surface area contributed by atoms with E-state index >= 15 is 0 Å². The van der Waals surface area contributed by atoms with E-state index in [1.165, 1.54) is 12.1 Å². The molecular formula is C15H14FN7OS. The van der Waals surface area contributed by atoms with Crippen molar-refractivity contribution in [1.82, 2.24) is 18.9 Å². The highest BCUT2D eigenvalue weighted by Gasteiger charge is 2.18. The summed E-state index contributed by atoms with van der Waals surface area (Å²) in [5.41, 5.74) is 1.25. The Labute approximate surface area is 146 Å². The van der Waals surface area contributed by atoms with Crippen LogP contribution in [0.4, 0.5) is 21.6 Å². The van der Waals surface area contributed by atoms with Crippen molar-refractivity contribution in [2.24, 2.45) is 0 Å². The number of halogens is 1. The molecule has 0 bridgehead atoms. The van der Waals surface area contributed by atoms with Crippen LogP contribution in [-0.4, -0.2) is 31.9 Å². The molecule has 0 unspecified atom stereocenters. The Morgan fingerprint density at radius 3 is 2.88 bits per heavy atom. The van der Waals surface area contributed by atoms with Gasteiger partial charge in [0.15, 0.2) is 11.5 Å². The van der Waals surface area contributed by atoms with Crippen molar-refractivity contribution in [3.8, 4) is 0 Å². The number of nitrogens with one attached hydrogen (secondary N) is 3. The Bertz CT molecular complexity index is 871. The molecule has 3 N–H and O–H groups in total. The molecule has 1 aromatic carbocycles. The lowest BCUT2D eigenvalue weighted by Crippen LogP contribution is -2.16. The van der Waals surface area contributed by atoms with Crippen LogP contribution in [-0.2, 0) is 6.54 Å². The molecular weight excluding hydrogens is 345 g/mol. The third-order valence-electron chi connectivity index (χ3n) is 3.28. The van der Waals surface area contributed by atoms with Crippen molar-refractivity contribution >= 4 is 34.8 Å². The van der Waals surface area contributed by atoms with Gasteiger partial charge in [0.2, 0.25) is 0 Å². The lowest BCUT2D eigenvalue weighted by Gasteiger charge is -2.13. The molecule has 0 aliphatic rings. The molecule has 0 radical (unpaired) electrons. The van der Waals surface area contributed by atoms with Gasteiger partial charge >= 0.3 is 0 Å². The average Bonchev–Trinajstić information content (AvgIpc) is 3.11. The Morgan fingerprint density at radius 2 is 2.12 bits per heavy atom. The predicted molar refractivity (Wildman–Crippen MR) is 93.2 cm³/mol. The molecule has 3 aromatic rings. The zero-order valence-electron chi connectivity index (χ0n) is 13.2. The monoisotopic (exact) mass is 359 g/mol. The minimum absolute atomic E-state index is 0.150.